The summed E-state index contributed by atoms with van der Waals surface area (Å²) in [7, 11) is 3.52. The summed E-state index contributed by atoms with van der Waals surface area (Å²) in [6.45, 7) is 4.87. The number of aliphatic hydroxyl groups is 1. The molecular weight excluding hydrogens is 242 g/mol. The number of aliphatic hydroxyl groups excluding tert-OH is 1. The van der Waals surface area contributed by atoms with Crippen LogP contribution in [0.1, 0.15) is 19.4 Å². The molecule has 1 unspecified atom stereocenters. The summed E-state index contributed by atoms with van der Waals surface area (Å²) >= 11 is 0. The maximum absolute atomic E-state index is 10.0. The minimum absolute atomic E-state index is 0.269. The van der Waals surface area contributed by atoms with Crippen LogP contribution in [0.2, 0.25) is 0 Å². The summed E-state index contributed by atoms with van der Waals surface area (Å²) in [6, 6.07) is 7.88. The van der Waals surface area contributed by atoms with Crippen LogP contribution in [0.25, 0.3) is 0 Å². The zero-order chi connectivity index (χ0) is 14.3. The molecule has 1 aromatic carbocycles. The van der Waals surface area contributed by atoms with Gasteiger partial charge in [0.15, 0.2) is 0 Å². The van der Waals surface area contributed by atoms with Gasteiger partial charge < -0.3 is 19.9 Å². The quantitative estimate of drug-likeness (QED) is 0.751. The van der Waals surface area contributed by atoms with Crippen molar-refractivity contribution in [2.75, 3.05) is 27.4 Å². The van der Waals surface area contributed by atoms with Crippen LogP contribution < -0.4 is 10.1 Å². The molecule has 19 heavy (non-hydrogen) atoms. The van der Waals surface area contributed by atoms with Crippen molar-refractivity contribution in [2.24, 2.45) is 0 Å². The normalized spacial score (nSPS) is 13.3. The number of hydrogen-bond acceptors (Lipinski definition) is 4. The molecule has 0 spiro atoms. The maximum Gasteiger partial charge on any atom is 0.119 e. The van der Waals surface area contributed by atoms with Crippen molar-refractivity contribution in [1.82, 2.24) is 5.32 Å². The van der Waals surface area contributed by atoms with Gasteiger partial charge in [0.2, 0.25) is 0 Å². The van der Waals surface area contributed by atoms with Crippen molar-refractivity contribution in [3.8, 4) is 5.75 Å². The van der Waals surface area contributed by atoms with Crippen LogP contribution >= 0.6 is 0 Å². The second-order valence-electron chi connectivity index (χ2n) is 5.19. The van der Waals surface area contributed by atoms with Gasteiger partial charge in [-0.15, -0.1) is 0 Å². The first-order chi connectivity index (χ1) is 8.99. The molecule has 2 N–H and O–H groups in total. The van der Waals surface area contributed by atoms with Crippen molar-refractivity contribution >= 4 is 0 Å². The van der Waals surface area contributed by atoms with Crippen molar-refractivity contribution in [2.45, 2.75) is 31.9 Å². The number of benzene rings is 1. The summed E-state index contributed by atoms with van der Waals surface area (Å²) in [4.78, 5) is 0. The number of ether oxygens (including phenoxy) is 2. The van der Waals surface area contributed by atoms with E-state index in [9.17, 15) is 5.11 Å². The van der Waals surface area contributed by atoms with Gasteiger partial charge in [-0.3, -0.25) is 0 Å². The largest absolute Gasteiger partial charge is 0.491 e. The van der Waals surface area contributed by atoms with Gasteiger partial charge in [-0.2, -0.15) is 0 Å². The highest BCUT2D eigenvalue weighted by Crippen LogP contribution is 2.15. The Bertz CT molecular complexity index is 362. The van der Waals surface area contributed by atoms with Gasteiger partial charge >= 0.3 is 0 Å². The van der Waals surface area contributed by atoms with Crippen LogP contribution in [-0.2, 0) is 11.2 Å². The second-order valence-corrected chi connectivity index (χ2v) is 5.19. The summed E-state index contributed by atoms with van der Waals surface area (Å²) in [5, 5.41) is 13.1. The van der Waals surface area contributed by atoms with E-state index >= 15 is 0 Å². The molecule has 0 aliphatic heterocycles. The number of methoxy groups -OCH3 is 1. The Balaban J connectivity index is 2.45. The third-order valence-electron chi connectivity index (χ3n) is 3.40. The highest BCUT2D eigenvalue weighted by molar-refractivity contribution is 5.27. The van der Waals surface area contributed by atoms with E-state index in [0.717, 1.165) is 18.8 Å². The first-order valence-corrected chi connectivity index (χ1v) is 6.57. The standard InChI is InChI=1S/C15H25NO3/c1-15(2,16-3)14(17)11-19-13-7-5-12(6-8-13)9-10-18-4/h5-8,14,16-17H,9-11H2,1-4H3. The molecule has 1 rings (SSSR count). The van der Waals surface area contributed by atoms with Gasteiger partial charge in [0.1, 0.15) is 18.5 Å². The minimum Gasteiger partial charge on any atom is -0.491 e. The fourth-order valence-electron chi connectivity index (χ4n) is 1.52. The fraction of sp³-hybridized carbons (Fsp3) is 0.600. The molecule has 0 heterocycles. The lowest BCUT2D eigenvalue weighted by Crippen LogP contribution is -2.50. The van der Waals surface area contributed by atoms with Gasteiger partial charge in [0, 0.05) is 12.6 Å². The Morgan fingerprint density at radius 1 is 1.26 bits per heavy atom. The average Bonchev–Trinajstić information content (AvgIpc) is 2.43. The summed E-state index contributed by atoms with van der Waals surface area (Å²) in [5.41, 5.74) is 0.851. The van der Waals surface area contributed by atoms with Crippen molar-refractivity contribution in [3.05, 3.63) is 29.8 Å². The van der Waals surface area contributed by atoms with E-state index in [-0.39, 0.29) is 12.1 Å². The van der Waals surface area contributed by atoms with Crippen LogP contribution in [0.15, 0.2) is 24.3 Å². The first kappa shape index (κ1) is 16.0. The first-order valence-electron chi connectivity index (χ1n) is 6.57. The zero-order valence-electron chi connectivity index (χ0n) is 12.3. The van der Waals surface area contributed by atoms with E-state index in [1.807, 2.05) is 45.2 Å². The predicted octanol–water partition coefficient (Wildman–Crippen LogP) is 1.61. The topological polar surface area (TPSA) is 50.7 Å². The molecule has 4 heteroatoms. The average molecular weight is 267 g/mol. The van der Waals surface area contributed by atoms with Crippen molar-refractivity contribution in [3.63, 3.8) is 0 Å². The number of rotatable bonds is 8. The molecular formula is C15H25NO3. The number of likely N-dealkylation sites (N-methyl/N-ethyl adjacent to an activating group) is 1. The number of nitrogens with one attached hydrogen (secondary N) is 1. The lowest BCUT2D eigenvalue weighted by Gasteiger charge is -2.29. The van der Waals surface area contributed by atoms with Crippen LogP contribution in [-0.4, -0.2) is 44.1 Å². The van der Waals surface area contributed by atoms with E-state index in [0.29, 0.717) is 0 Å². The monoisotopic (exact) mass is 267 g/mol. The third-order valence-corrected chi connectivity index (χ3v) is 3.40. The summed E-state index contributed by atoms with van der Waals surface area (Å²) < 4.78 is 10.6. The van der Waals surface area contributed by atoms with E-state index in [2.05, 4.69) is 5.32 Å². The molecule has 0 aromatic heterocycles. The molecule has 0 fully saturated rings. The Morgan fingerprint density at radius 2 is 1.89 bits per heavy atom. The van der Waals surface area contributed by atoms with Gasteiger partial charge in [0.05, 0.1) is 6.61 Å². The molecule has 108 valence electrons. The molecule has 1 atom stereocenters. The maximum atomic E-state index is 10.0. The van der Waals surface area contributed by atoms with Gasteiger partial charge in [-0.05, 0) is 45.0 Å². The van der Waals surface area contributed by atoms with Crippen LogP contribution in [0, 0.1) is 0 Å². The molecule has 0 saturated carbocycles. The minimum atomic E-state index is -0.564. The molecule has 0 aliphatic carbocycles. The molecule has 0 bridgehead atoms. The summed E-state index contributed by atoms with van der Waals surface area (Å²) in [6.07, 6.45) is 0.331. The van der Waals surface area contributed by atoms with Crippen LogP contribution in [0.4, 0.5) is 0 Å². The van der Waals surface area contributed by atoms with Gasteiger partial charge in [-0.25, -0.2) is 0 Å². The fourth-order valence-corrected chi connectivity index (χ4v) is 1.52. The van der Waals surface area contributed by atoms with E-state index in [4.69, 9.17) is 9.47 Å². The van der Waals surface area contributed by atoms with Crippen LogP contribution in [0.5, 0.6) is 5.75 Å². The predicted molar refractivity (Wildman–Crippen MR) is 76.7 cm³/mol. The Morgan fingerprint density at radius 3 is 2.42 bits per heavy atom. The van der Waals surface area contributed by atoms with E-state index in [1.165, 1.54) is 5.56 Å². The molecule has 0 amide bonds. The summed E-state index contributed by atoms with van der Waals surface area (Å²) in [5.74, 6) is 0.770. The highest BCUT2D eigenvalue weighted by atomic mass is 16.5. The zero-order valence-corrected chi connectivity index (χ0v) is 12.3. The Hall–Kier alpha value is -1.10. The number of hydrogen-bond donors (Lipinski definition) is 2. The van der Waals surface area contributed by atoms with E-state index < -0.39 is 6.10 Å². The molecule has 0 saturated heterocycles. The molecule has 0 aliphatic rings. The van der Waals surface area contributed by atoms with Gasteiger partial charge in [-0.1, -0.05) is 12.1 Å². The molecule has 4 nitrogen and oxygen atoms in total. The van der Waals surface area contributed by atoms with Crippen molar-refractivity contribution in [1.29, 1.82) is 0 Å². The Kier molecular flexibility index (Phi) is 6.28. The van der Waals surface area contributed by atoms with E-state index in [1.54, 1.807) is 7.11 Å². The SMILES string of the molecule is CNC(C)(C)C(O)COc1ccc(CCOC)cc1. The lowest BCUT2D eigenvalue weighted by atomic mass is 9.98. The smallest absolute Gasteiger partial charge is 0.119 e. The second kappa shape index (κ2) is 7.48. The highest BCUT2D eigenvalue weighted by Gasteiger charge is 2.26. The molecule has 1 aromatic rings. The third kappa shape index (κ3) is 5.19. The van der Waals surface area contributed by atoms with Crippen LogP contribution in [0.3, 0.4) is 0 Å². The van der Waals surface area contributed by atoms with Gasteiger partial charge in [0.25, 0.3) is 0 Å². The lowest BCUT2D eigenvalue weighted by molar-refractivity contribution is 0.0408. The Labute approximate surface area is 115 Å². The van der Waals surface area contributed by atoms with Crippen molar-refractivity contribution < 1.29 is 14.6 Å². The molecule has 0 radical (unpaired) electrons.